The van der Waals surface area contributed by atoms with Crippen molar-refractivity contribution in [3.8, 4) is 39.6 Å². The number of pyridine rings is 2. The van der Waals surface area contributed by atoms with E-state index in [4.69, 9.17) is 19.2 Å². The first-order valence-electron chi connectivity index (χ1n) is 10.3. The maximum absolute atomic E-state index is 5.56. The lowest BCUT2D eigenvalue weighted by Crippen LogP contribution is -1.97. The maximum Gasteiger partial charge on any atom is 0.203 e. The predicted octanol–water partition coefficient (Wildman–Crippen LogP) is 6.14. The second-order valence-corrected chi connectivity index (χ2v) is 7.36. The monoisotopic (exact) mass is 422 g/mol. The van der Waals surface area contributed by atoms with Crippen molar-refractivity contribution >= 4 is 21.8 Å². The highest BCUT2D eigenvalue weighted by Gasteiger charge is 2.17. The van der Waals surface area contributed by atoms with Gasteiger partial charge >= 0.3 is 0 Å². The molecule has 0 aliphatic heterocycles. The summed E-state index contributed by atoms with van der Waals surface area (Å²) in [4.78, 5) is 9.54. The molecule has 2 heterocycles. The Hall–Kier alpha value is -4.12. The molecule has 0 saturated carbocycles. The van der Waals surface area contributed by atoms with Crippen molar-refractivity contribution in [1.82, 2.24) is 9.97 Å². The molecule has 5 nitrogen and oxygen atoms in total. The Kier molecular flexibility index (Phi) is 5.07. The molecule has 2 aromatic heterocycles. The van der Waals surface area contributed by atoms with E-state index in [0.29, 0.717) is 17.2 Å². The zero-order valence-corrected chi connectivity index (χ0v) is 18.1. The first-order valence-corrected chi connectivity index (χ1v) is 10.3. The summed E-state index contributed by atoms with van der Waals surface area (Å²) < 4.78 is 16.6. The van der Waals surface area contributed by atoms with Crippen LogP contribution < -0.4 is 14.2 Å². The van der Waals surface area contributed by atoms with Crippen molar-refractivity contribution in [1.29, 1.82) is 0 Å². The molecular formula is C27H22N2O3. The Bertz CT molecular complexity index is 1410. The number of hydrogen-bond acceptors (Lipinski definition) is 5. The van der Waals surface area contributed by atoms with E-state index in [9.17, 15) is 0 Å². The van der Waals surface area contributed by atoms with E-state index in [2.05, 4.69) is 29.2 Å². The quantitative estimate of drug-likeness (QED) is 0.318. The molecule has 0 radical (unpaired) electrons. The van der Waals surface area contributed by atoms with Crippen molar-refractivity contribution in [2.24, 2.45) is 0 Å². The van der Waals surface area contributed by atoms with Gasteiger partial charge in [-0.1, -0.05) is 36.4 Å². The van der Waals surface area contributed by atoms with Crippen molar-refractivity contribution < 1.29 is 14.2 Å². The van der Waals surface area contributed by atoms with Crippen LogP contribution >= 0.6 is 0 Å². The van der Waals surface area contributed by atoms with E-state index in [-0.39, 0.29) is 0 Å². The van der Waals surface area contributed by atoms with Crippen molar-refractivity contribution in [2.75, 3.05) is 21.3 Å². The van der Waals surface area contributed by atoms with Crippen LogP contribution in [0.2, 0.25) is 0 Å². The molecule has 5 rings (SSSR count). The van der Waals surface area contributed by atoms with Gasteiger partial charge in [-0.05, 0) is 47.5 Å². The number of aromatic nitrogens is 2. The zero-order chi connectivity index (χ0) is 22.1. The Morgan fingerprint density at radius 1 is 0.656 bits per heavy atom. The van der Waals surface area contributed by atoms with E-state index in [1.807, 2.05) is 54.7 Å². The van der Waals surface area contributed by atoms with E-state index < -0.39 is 0 Å². The van der Waals surface area contributed by atoms with E-state index in [1.165, 1.54) is 0 Å². The van der Waals surface area contributed by atoms with Crippen LogP contribution in [0.3, 0.4) is 0 Å². The van der Waals surface area contributed by atoms with Crippen molar-refractivity contribution in [3.63, 3.8) is 0 Å². The molecular weight excluding hydrogens is 400 g/mol. The van der Waals surface area contributed by atoms with Gasteiger partial charge in [0.2, 0.25) is 5.75 Å². The maximum atomic E-state index is 5.56. The average Bonchev–Trinajstić information content (AvgIpc) is 2.87. The number of methoxy groups -OCH3 is 3. The van der Waals surface area contributed by atoms with Gasteiger partial charge in [0.25, 0.3) is 0 Å². The van der Waals surface area contributed by atoms with Crippen LogP contribution in [0.5, 0.6) is 17.2 Å². The molecule has 0 amide bonds. The summed E-state index contributed by atoms with van der Waals surface area (Å²) in [5, 5.41) is 2.16. The fourth-order valence-corrected chi connectivity index (χ4v) is 4.11. The summed E-state index contributed by atoms with van der Waals surface area (Å²) in [5.41, 5.74) is 5.75. The largest absolute Gasteiger partial charge is 0.493 e. The average molecular weight is 422 g/mol. The van der Waals surface area contributed by atoms with Gasteiger partial charge in [-0.15, -0.1) is 0 Å². The number of ether oxygens (including phenoxy) is 3. The van der Waals surface area contributed by atoms with Crippen molar-refractivity contribution in [2.45, 2.75) is 0 Å². The van der Waals surface area contributed by atoms with Crippen LogP contribution in [0.4, 0.5) is 0 Å². The summed E-state index contributed by atoms with van der Waals surface area (Å²) in [6.07, 6.45) is 1.81. The highest BCUT2D eigenvalue weighted by molar-refractivity contribution is 6.12. The SMILES string of the molecule is COc1cc(-c2cc(-c3ccccc3)c3c(ccc4ncccc43)n2)cc(OC)c1OC. The molecule has 5 heteroatoms. The molecule has 0 spiro atoms. The van der Waals surface area contributed by atoms with Gasteiger partial charge in [0.15, 0.2) is 11.5 Å². The molecule has 0 bridgehead atoms. The molecule has 3 aromatic carbocycles. The van der Waals surface area contributed by atoms with Gasteiger partial charge in [-0.25, -0.2) is 4.98 Å². The Labute approximate surface area is 186 Å². The number of fused-ring (bicyclic) bond motifs is 3. The van der Waals surface area contributed by atoms with Gasteiger partial charge in [-0.3, -0.25) is 4.98 Å². The minimum Gasteiger partial charge on any atom is -0.493 e. The second kappa shape index (κ2) is 8.19. The predicted molar refractivity (Wildman–Crippen MR) is 128 cm³/mol. The number of rotatable bonds is 5. The molecule has 0 unspecified atom stereocenters. The normalized spacial score (nSPS) is 11.0. The fourth-order valence-electron chi connectivity index (χ4n) is 4.11. The number of benzene rings is 3. The van der Waals surface area contributed by atoms with Gasteiger partial charge in [0.05, 0.1) is 38.1 Å². The van der Waals surface area contributed by atoms with E-state index in [1.54, 1.807) is 21.3 Å². The zero-order valence-electron chi connectivity index (χ0n) is 18.1. The van der Waals surface area contributed by atoms with Crippen molar-refractivity contribution in [3.05, 3.63) is 79.0 Å². The fraction of sp³-hybridized carbons (Fsp3) is 0.111. The highest BCUT2D eigenvalue weighted by Crippen LogP contribution is 2.42. The third-order valence-corrected chi connectivity index (χ3v) is 5.60. The third-order valence-electron chi connectivity index (χ3n) is 5.60. The topological polar surface area (TPSA) is 53.5 Å². The van der Waals surface area contributed by atoms with Gasteiger partial charge < -0.3 is 14.2 Å². The second-order valence-electron chi connectivity index (χ2n) is 7.36. The Morgan fingerprint density at radius 3 is 2.06 bits per heavy atom. The molecule has 0 atom stereocenters. The standard InChI is InChI=1S/C27H22N2O3/c1-30-24-14-18(15-25(31-2)27(24)32-3)23-16-20(17-8-5-4-6-9-17)26-19-10-7-13-28-21(19)11-12-22(26)29-23/h4-16H,1-3H3. The van der Waals surface area contributed by atoms with Crippen LogP contribution in [-0.4, -0.2) is 31.3 Å². The molecule has 0 N–H and O–H groups in total. The first kappa shape index (κ1) is 19.8. The summed E-state index contributed by atoms with van der Waals surface area (Å²) >= 11 is 0. The van der Waals surface area contributed by atoms with Crippen LogP contribution in [0, 0.1) is 0 Å². The molecule has 0 fully saturated rings. The van der Waals surface area contributed by atoms with Crippen LogP contribution in [0.1, 0.15) is 0 Å². The molecule has 5 aromatic rings. The first-order chi connectivity index (χ1) is 15.7. The summed E-state index contributed by atoms with van der Waals surface area (Å²) in [6.45, 7) is 0. The third kappa shape index (κ3) is 3.28. The van der Waals surface area contributed by atoms with E-state index >= 15 is 0 Å². The molecule has 158 valence electrons. The van der Waals surface area contributed by atoms with Crippen LogP contribution in [-0.2, 0) is 0 Å². The molecule has 32 heavy (non-hydrogen) atoms. The van der Waals surface area contributed by atoms with Gasteiger partial charge in [-0.2, -0.15) is 0 Å². The molecule has 0 aliphatic carbocycles. The smallest absolute Gasteiger partial charge is 0.203 e. The highest BCUT2D eigenvalue weighted by atomic mass is 16.5. The Balaban J connectivity index is 1.84. The minimum atomic E-state index is 0.555. The summed E-state index contributed by atoms with van der Waals surface area (Å²) in [6, 6.07) is 24.4. The summed E-state index contributed by atoms with van der Waals surface area (Å²) in [7, 11) is 4.83. The van der Waals surface area contributed by atoms with Gasteiger partial charge in [0.1, 0.15) is 0 Å². The van der Waals surface area contributed by atoms with E-state index in [0.717, 1.165) is 44.2 Å². The Morgan fingerprint density at radius 2 is 1.38 bits per heavy atom. The lowest BCUT2D eigenvalue weighted by Gasteiger charge is -2.16. The number of hydrogen-bond donors (Lipinski definition) is 0. The van der Waals surface area contributed by atoms with Crippen LogP contribution in [0.15, 0.2) is 79.0 Å². The molecule has 0 saturated heterocycles. The van der Waals surface area contributed by atoms with Crippen LogP contribution in [0.25, 0.3) is 44.2 Å². The van der Waals surface area contributed by atoms with Gasteiger partial charge in [0, 0.05) is 22.5 Å². The lowest BCUT2D eigenvalue weighted by atomic mass is 9.95. The lowest BCUT2D eigenvalue weighted by molar-refractivity contribution is 0.324. The minimum absolute atomic E-state index is 0.555. The summed E-state index contributed by atoms with van der Waals surface area (Å²) in [5.74, 6) is 1.74. The number of nitrogens with zero attached hydrogens (tertiary/aromatic N) is 2. The molecule has 0 aliphatic rings.